The van der Waals surface area contributed by atoms with Gasteiger partial charge >= 0.3 is 5.97 Å². The summed E-state index contributed by atoms with van der Waals surface area (Å²) in [6.45, 7) is 1.60. The van der Waals surface area contributed by atoms with Crippen molar-refractivity contribution in [1.29, 1.82) is 0 Å². The largest absolute Gasteiger partial charge is 0.452 e. The van der Waals surface area contributed by atoms with E-state index < -0.39 is 5.97 Å². The lowest BCUT2D eigenvalue weighted by atomic mass is 9.97. The summed E-state index contributed by atoms with van der Waals surface area (Å²) in [4.78, 5) is 25.1. The molecule has 138 valence electrons. The molecule has 0 spiro atoms. The van der Waals surface area contributed by atoms with Crippen LogP contribution in [-0.2, 0) is 9.53 Å². The van der Waals surface area contributed by atoms with Gasteiger partial charge in [0.05, 0.1) is 5.56 Å². The predicted octanol–water partition coefficient (Wildman–Crippen LogP) is 5.10. The summed E-state index contributed by atoms with van der Waals surface area (Å²) < 4.78 is 5.36. The van der Waals surface area contributed by atoms with Gasteiger partial charge in [0.2, 0.25) is 0 Å². The molecule has 0 saturated heterocycles. The lowest BCUT2D eigenvalue weighted by Gasteiger charge is -2.11. The van der Waals surface area contributed by atoms with E-state index in [-0.39, 0.29) is 12.5 Å². The van der Waals surface area contributed by atoms with Crippen molar-refractivity contribution in [3.8, 4) is 0 Å². The number of hydrogen-bond acceptors (Lipinski definition) is 3. The Labute approximate surface area is 162 Å². The molecule has 4 nitrogen and oxygen atoms in total. The molecular formula is C24H19NO3. The number of amides is 1. The van der Waals surface area contributed by atoms with Crippen LogP contribution in [0.1, 0.15) is 15.9 Å². The summed E-state index contributed by atoms with van der Waals surface area (Å²) in [5, 5.41) is 6.28. The SMILES string of the molecule is Cc1cccc(NC(=O)COC(=O)c2c3ccccc3cc3ccccc23)c1. The molecule has 4 rings (SSSR count). The van der Waals surface area contributed by atoms with Crippen LogP contribution in [0.15, 0.2) is 78.9 Å². The smallest absolute Gasteiger partial charge is 0.339 e. The minimum absolute atomic E-state index is 0.343. The zero-order valence-corrected chi connectivity index (χ0v) is 15.4. The van der Waals surface area contributed by atoms with Crippen molar-refractivity contribution in [1.82, 2.24) is 0 Å². The van der Waals surface area contributed by atoms with Crippen LogP contribution in [0.4, 0.5) is 5.69 Å². The maximum absolute atomic E-state index is 12.9. The Morgan fingerprint density at radius 1 is 0.821 bits per heavy atom. The standard InChI is InChI=1S/C24H19NO3/c1-16-7-6-10-19(13-16)25-22(26)15-28-24(27)23-20-11-4-2-8-17(20)14-18-9-3-5-12-21(18)23/h2-14H,15H2,1H3,(H,25,26). The third-order valence-electron chi connectivity index (χ3n) is 4.61. The van der Waals surface area contributed by atoms with Crippen LogP contribution < -0.4 is 5.32 Å². The highest BCUT2D eigenvalue weighted by Gasteiger charge is 2.17. The molecule has 4 aromatic carbocycles. The molecule has 28 heavy (non-hydrogen) atoms. The van der Waals surface area contributed by atoms with Crippen molar-refractivity contribution in [3.05, 3.63) is 90.0 Å². The van der Waals surface area contributed by atoms with Gasteiger partial charge < -0.3 is 10.1 Å². The second-order valence-corrected chi connectivity index (χ2v) is 6.69. The fraction of sp³-hybridized carbons (Fsp3) is 0.0833. The van der Waals surface area contributed by atoms with Crippen molar-refractivity contribution in [2.24, 2.45) is 0 Å². The first kappa shape index (κ1) is 17.7. The quantitative estimate of drug-likeness (QED) is 0.402. The molecular weight excluding hydrogens is 350 g/mol. The first-order valence-electron chi connectivity index (χ1n) is 9.06. The van der Waals surface area contributed by atoms with Crippen molar-refractivity contribution >= 4 is 39.1 Å². The van der Waals surface area contributed by atoms with Gasteiger partial charge in [0.25, 0.3) is 5.91 Å². The third-order valence-corrected chi connectivity index (χ3v) is 4.61. The van der Waals surface area contributed by atoms with Crippen molar-refractivity contribution < 1.29 is 14.3 Å². The summed E-state index contributed by atoms with van der Waals surface area (Å²) >= 11 is 0. The van der Waals surface area contributed by atoms with Crippen LogP contribution >= 0.6 is 0 Å². The van der Waals surface area contributed by atoms with Crippen LogP contribution in [0.3, 0.4) is 0 Å². The molecule has 0 aromatic heterocycles. The number of carbonyl (C=O) groups is 2. The minimum Gasteiger partial charge on any atom is -0.452 e. The van der Waals surface area contributed by atoms with Gasteiger partial charge in [0, 0.05) is 5.69 Å². The highest BCUT2D eigenvalue weighted by Crippen LogP contribution is 2.29. The number of fused-ring (bicyclic) bond motifs is 2. The van der Waals surface area contributed by atoms with Crippen molar-refractivity contribution in [2.75, 3.05) is 11.9 Å². The van der Waals surface area contributed by atoms with Crippen molar-refractivity contribution in [2.45, 2.75) is 6.92 Å². The Kier molecular flexibility index (Phi) is 4.77. The van der Waals surface area contributed by atoms with Gasteiger partial charge in [-0.05, 0) is 52.2 Å². The van der Waals surface area contributed by atoms with Crippen molar-refractivity contribution in [3.63, 3.8) is 0 Å². The van der Waals surface area contributed by atoms with E-state index >= 15 is 0 Å². The Balaban J connectivity index is 1.59. The summed E-state index contributed by atoms with van der Waals surface area (Å²) in [6, 6.07) is 24.9. The van der Waals surface area contributed by atoms with Crippen LogP contribution in [0.5, 0.6) is 0 Å². The van der Waals surface area contributed by atoms with E-state index in [2.05, 4.69) is 5.32 Å². The van der Waals surface area contributed by atoms with Gasteiger partial charge in [0.15, 0.2) is 6.61 Å². The molecule has 0 aliphatic carbocycles. The van der Waals surface area contributed by atoms with E-state index in [0.717, 1.165) is 27.1 Å². The van der Waals surface area contributed by atoms with Crippen LogP contribution in [0.2, 0.25) is 0 Å². The fourth-order valence-electron chi connectivity index (χ4n) is 3.36. The molecule has 0 radical (unpaired) electrons. The number of esters is 1. The lowest BCUT2D eigenvalue weighted by Crippen LogP contribution is -2.21. The molecule has 0 aliphatic rings. The molecule has 0 aliphatic heterocycles. The highest BCUT2D eigenvalue weighted by molar-refractivity contribution is 6.16. The number of ether oxygens (including phenoxy) is 1. The fourth-order valence-corrected chi connectivity index (χ4v) is 3.36. The summed E-state index contributed by atoms with van der Waals surface area (Å²) in [5.74, 6) is -0.879. The molecule has 1 amide bonds. The van der Waals surface area contributed by atoms with Gasteiger partial charge in [-0.3, -0.25) is 4.79 Å². The number of aryl methyl sites for hydroxylation is 1. The van der Waals surface area contributed by atoms with Gasteiger partial charge in [-0.25, -0.2) is 4.79 Å². The summed E-state index contributed by atoms with van der Waals surface area (Å²) in [7, 11) is 0. The van der Waals surface area contributed by atoms with E-state index in [1.54, 1.807) is 6.07 Å². The van der Waals surface area contributed by atoms with Crippen LogP contribution in [0.25, 0.3) is 21.5 Å². The van der Waals surface area contributed by atoms with E-state index in [1.165, 1.54) is 0 Å². The Bertz CT molecular complexity index is 1140. The normalized spacial score (nSPS) is 10.8. The van der Waals surface area contributed by atoms with E-state index in [1.807, 2.05) is 79.7 Å². The molecule has 4 aromatic rings. The first-order valence-corrected chi connectivity index (χ1v) is 9.06. The molecule has 0 saturated carbocycles. The minimum atomic E-state index is -0.507. The maximum Gasteiger partial charge on any atom is 0.339 e. The second kappa shape index (κ2) is 7.53. The van der Waals surface area contributed by atoms with Gasteiger partial charge in [-0.15, -0.1) is 0 Å². The highest BCUT2D eigenvalue weighted by atomic mass is 16.5. The summed E-state index contributed by atoms with van der Waals surface area (Å²) in [5.41, 5.74) is 2.20. The monoisotopic (exact) mass is 369 g/mol. The number of benzene rings is 4. The number of hydrogen-bond donors (Lipinski definition) is 1. The number of nitrogens with one attached hydrogen (secondary N) is 1. The topological polar surface area (TPSA) is 55.4 Å². The molecule has 0 atom stereocenters. The van der Waals surface area contributed by atoms with Crippen LogP contribution in [0, 0.1) is 6.92 Å². The lowest BCUT2D eigenvalue weighted by molar-refractivity contribution is -0.119. The van der Waals surface area contributed by atoms with Gasteiger partial charge in [-0.1, -0.05) is 60.7 Å². The number of rotatable bonds is 4. The average Bonchev–Trinajstić information content (AvgIpc) is 2.70. The molecule has 0 bridgehead atoms. The second-order valence-electron chi connectivity index (χ2n) is 6.69. The van der Waals surface area contributed by atoms with Crippen LogP contribution in [-0.4, -0.2) is 18.5 Å². The third kappa shape index (κ3) is 3.58. The summed E-state index contributed by atoms with van der Waals surface area (Å²) in [6.07, 6.45) is 0. The number of anilines is 1. The predicted molar refractivity (Wildman–Crippen MR) is 112 cm³/mol. The molecule has 0 heterocycles. The zero-order chi connectivity index (χ0) is 19.5. The number of carbonyl (C=O) groups excluding carboxylic acids is 2. The Hall–Kier alpha value is -3.66. The average molecular weight is 369 g/mol. The van der Waals surface area contributed by atoms with Gasteiger partial charge in [-0.2, -0.15) is 0 Å². The first-order chi connectivity index (χ1) is 13.6. The molecule has 0 unspecified atom stereocenters. The zero-order valence-electron chi connectivity index (χ0n) is 15.4. The maximum atomic E-state index is 12.9. The van der Waals surface area contributed by atoms with E-state index in [9.17, 15) is 9.59 Å². The molecule has 0 fully saturated rings. The molecule has 4 heteroatoms. The Morgan fingerprint density at radius 2 is 1.46 bits per heavy atom. The molecule has 1 N–H and O–H groups in total. The van der Waals surface area contributed by atoms with Gasteiger partial charge in [0.1, 0.15) is 0 Å². The van der Waals surface area contributed by atoms with E-state index in [4.69, 9.17) is 4.74 Å². The Morgan fingerprint density at radius 3 is 2.11 bits per heavy atom. The van der Waals surface area contributed by atoms with E-state index in [0.29, 0.717) is 11.3 Å².